The summed E-state index contributed by atoms with van der Waals surface area (Å²) in [7, 11) is 0. The molecule has 4 heteroatoms. The molecule has 7 rings (SSSR count). The first-order chi connectivity index (χ1) is 9.48. The van der Waals surface area contributed by atoms with Crippen LogP contribution in [0.4, 0.5) is 0 Å². The van der Waals surface area contributed by atoms with Crippen molar-refractivity contribution < 1.29 is 19.8 Å². The minimum atomic E-state index is -0.661. The molecule has 0 aromatic heterocycles. The van der Waals surface area contributed by atoms with Crippen molar-refractivity contribution in [2.75, 3.05) is 0 Å². The maximum absolute atomic E-state index is 12.1. The van der Waals surface area contributed by atoms with Gasteiger partial charge in [0.25, 0.3) is 0 Å². The lowest BCUT2D eigenvalue weighted by Gasteiger charge is -2.74. The highest BCUT2D eigenvalue weighted by Crippen LogP contribution is 2.78. The van der Waals surface area contributed by atoms with Crippen LogP contribution in [-0.4, -0.2) is 22.2 Å². The van der Waals surface area contributed by atoms with E-state index in [0.717, 1.165) is 12.8 Å². The molecular weight excluding hydrogens is 256 g/mol. The van der Waals surface area contributed by atoms with E-state index in [2.05, 4.69) is 0 Å². The Morgan fingerprint density at radius 3 is 1.90 bits per heavy atom. The monoisotopic (exact) mass is 276 g/mol. The van der Waals surface area contributed by atoms with Gasteiger partial charge in [0.2, 0.25) is 0 Å². The van der Waals surface area contributed by atoms with Gasteiger partial charge in [-0.1, -0.05) is 0 Å². The van der Waals surface area contributed by atoms with Crippen LogP contribution in [-0.2, 0) is 9.59 Å². The zero-order valence-corrected chi connectivity index (χ0v) is 11.4. The Hall–Kier alpha value is -1.06. The summed E-state index contributed by atoms with van der Waals surface area (Å²) in [6.45, 7) is 0. The van der Waals surface area contributed by atoms with Crippen LogP contribution in [0.2, 0.25) is 0 Å². The minimum absolute atomic E-state index is 0.140. The second-order valence-corrected chi connectivity index (χ2v) is 8.29. The van der Waals surface area contributed by atoms with E-state index in [1.165, 1.54) is 12.8 Å². The van der Waals surface area contributed by atoms with Gasteiger partial charge >= 0.3 is 11.9 Å². The van der Waals surface area contributed by atoms with E-state index >= 15 is 0 Å². The molecular formula is C16H20O4. The standard InChI is InChI=1S/C16H20O4/c17-13(18)15-4-10-8-1-7-2-9(10)12(6-15)16(3-7,14(19)20)11(8)5-15/h7-12H,1-6H2,(H,17,18)(H,19,20). The number of carboxylic acid groups (broad SMARTS) is 2. The third-order valence-corrected chi connectivity index (χ3v) is 7.99. The van der Waals surface area contributed by atoms with Crippen molar-refractivity contribution in [1.82, 2.24) is 0 Å². The molecule has 0 heterocycles. The van der Waals surface area contributed by atoms with Crippen LogP contribution in [0.3, 0.4) is 0 Å². The van der Waals surface area contributed by atoms with Crippen molar-refractivity contribution in [2.45, 2.75) is 38.5 Å². The minimum Gasteiger partial charge on any atom is -0.481 e. The average Bonchev–Trinajstić information content (AvgIpc) is 2.43. The van der Waals surface area contributed by atoms with Gasteiger partial charge in [-0.05, 0) is 74.0 Å². The highest BCUT2D eigenvalue weighted by molar-refractivity contribution is 5.80. The number of hydrogen-bond donors (Lipinski definition) is 2. The predicted molar refractivity (Wildman–Crippen MR) is 68.8 cm³/mol. The highest BCUT2D eigenvalue weighted by Gasteiger charge is 2.76. The molecule has 0 spiro atoms. The number of carbonyl (C=O) groups is 2. The molecule has 7 fully saturated rings. The van der Waals surface area contributed by atoms with Gasteiger partial charge in [0, 0.05) is 0 Å². The summed E-state index contributed by atoms with van der Waals surface area (Å²) in [5, 5.41) is 19.7. The predicted octanol–water partition coefficient (Wildman–Crippen LogP) is 2.23. The Bertz CT molecular complexity index is 515. The van der Waals surface area contributed by atoms with Crippen molar-refractivity contribution in [3.05, 3.63) is 0 Å². The second-order valence-electron chi connectivity index (χ2n) is 8.29. The molecule has 0 saturated heterocycles. The van der Waals surface area contributed by atoms with E-state index in [1.54, 1.807) is 0 Å². The lowest BCUT2D eigenvalue weighted by Crippen LogP contribution is -2.73. The van der Waals surface area contributed by atoms with Gasteiger partial charge in [-0.25, -0.2) is 0 Å². The fourth-order valence-corrected chi connectivity index (χ4v) is 7.62. The van der Waals surface area contributed by atoms with Gasteiger partial charge < -0.3 is 10.2 Å². The quantitative estimate of drug-likeness (QED) is 0.811. The van der Waals surface area contributed by atoms with Gasteiger partial charge in [-0.3, -0.25) is 9.59 Å². The van der Waals surface area contributed by atoms with Gasteiger partial charge in [-0.2, -0.15) is 0 Å². The fourth-order valence-electron chi connectivity index (χ4n) is 7.62. The van der Waals surface area contributed by atoms with Gasteiger partial charge in [0.05, 0.1) is 10.8 Å². The van der Waals surface area contributed by atoms with E-state index in [0.29, 0.717) is 36.5 Å². The fraction of sp³-hybridized carbons (Fsp3) is 0.875. The average molecular weight is 276 g/mol. The maximum Gasteiger partial charge on any atom is 0.310 e. The molecule has 0 aromatic rings. The summed E-state index contributed by atoms with van der Waals surface area (Å²) in [5.74, 6) is 1.12. The third-order valence-electron chi connectivity index (χ3n) is 7.99. The Morgan fingerprint density at radius 1 is 0.800 bits per heavy atom. The van der Waals surface area contributed by atoms with Crippen LogP contribution in [0.1, 0.15) is 38.5 Å². The molecule has 7 saturated carbocycles. The molecule has 108 valence electrons. The van der Waals surface area contributed by atoms with E-state index in [4.69, 9.17) is 0 Å². The molecule has 4 unspecified atom stereocenters. The summed E-state index contributed by atoms with van der Waals surface area (Å²) < 4.78 is 0. The van der Waals surface area contributed by atoms with E-state index < -0.39 is 22.8 Å². The van der Waals surface area contributed by atoms with Crippen molar-refractivity contribution in [3.63, 3.8) is 0 Å². The zero-order valence-electron chi connectivity index (χ0n) is 11.4. The third kappa shape index (κ3) is 0.961. The van der Waals surface area contributed by atoms with E-state index in [9.17, 15) is 19.8 Å². The molecule has 4 nitrogen and oxygen atoms in total. The number of aliphatic carboxylic acids is 2. The Morgan fingerprint density at radius 2 is 1.40 bits per heavy atom. The van der Waals surface area contributed by atoms with E-state index in [-0.39, 0.29) is 11.8 Å². The van der Waals surface area contributed by atoms with Gasteiger partial charge in [0.1, 0.15) is 0 Å². The molecule has 2 N–H and O–H groups in total. The summed E-state index contributed by atoms with van der Waals surface area (Å²) in [6.07, 6.45) is 5.25. The molecule has 20 heavy (non-hydrogen) atoms. The largest absolute Gasteiger partial charge is 0.481 e. The Labute approximate surface area is 117 Å². The first kappa shape index (κ1) is 11.6. The van der Waals surface area contributed by atoms with Crippen molar-refractivity contribution in [1.29, 1.82) is 0 Å². The molecule has 0 radical (unpaired) electrons. The zero-order chi connectivity index (χ0) is 13.9. The van der Waals surface area contributed by atoms with Gasteiger partial charge in [0.15, 0.2) is 0 Å². The topological polar surface area (TPSA) is 74.6 Å². The SMILES string of the molecule is O=C(O)C12CC3C4CC5CC3C(C1)C(C(=O)O)(C5)C4C2. The van der Waals surface area contributed by atoms with Crippen molar-refractivity contribution >= 4 is 11.9 Å². The smallest absolute Gasteiger partial charge is 0.310 e. The summed E-state index contributed by atoms with van der Waals surface area (Å²) in [6, 6.07) is 0. The first-order valence-electron chi connectivity index (χ1n) is 7.95. The lowest BCUT2D eigenvalue weighted by atomic mass is 9.28. The maximum atomic E-state index is 12.1. The molecule has 0 amide bonds. The van der Waals surface area contributed by atoms with Crippen LogP contribution in [0.15, 0.2) is 0 Å². The van der Waals surface area contributed by atoms with Crippen LogP contribution in [0.5, 0.6) is 0 Å². The van der Waals surface area contributed by atoms with Crippen molar-refractivity contribution in [2.24, 2.45) is 46.3 Å². The molecule has 0 aromatic carbocycles. The van der Waals surface area contributed by atoms with Crippen LogP contribution in [0, 0.1) is 46.3 Å². The summed E-state index contributed by atoms with van der Waals surface area (Å²) in [5.41, 5.74) is -1.15. The van der Waals surface area contributed by atoms with Crippen LogP contribution >= 0.6 is 0 Å². The Kier molecular flexibility index (Phi) is 1.78. The Balaban J connectivity index is 1.71. The molecule has 7 aliphatic rings. The first-order valence-corrected chi connectivity index (χ1v) is 7.95. The van der Waals surface area contributed by atoms with Crippen LogP contribution < -0.4 is 0 Å². The van der Waals surface area contributed by atoms with Crippen molar-refractivity contribution in [3.8, 4) is 0 Å². The van der Waals surface area contributed by atoms with E-state index in [1.807, 2.05) is 0 Å². The number of hydrogen-bond acceptors (Lipinski definition) is 2. The van der Waals surface area contributed by atoms with Gasteiger partial charge in [-0.15, -0.1) is 0 Å². The lowest BCUT2D eigenvalue weighted by molar-refractivity contribution is -0.276. The molecule has 0 aliphatic heterocycles. The summed E-state index contributed by atoms with van der Waals surface area (Å²) in [4.78, 5) is 23.9. The normalized spacial score (nSPS) is 61.0. The van der Waals surface area contributed by atoms with Crippen LogP contribution in [0.25, 0.3) is 0 Å². The number of carboxylic acids is 2. The molecule has 7 aliphatic carbocycles. The second kappa shape index (κ2) is 3.07. The highest BCUT2D eigenvalue weighted by atomic mass is 16.4. The molecule has 4 atom stereocenters. The molecule has 8 bridgehead atoms. The number of rotatable bonds is 2. The summed E-state index contributed by atoms with van der Waals surface area (Å²) >= 11 is 0.